The van der Waals surface area contributed by atoms with Gasteiger partial charge in [-0.1, -0.05) is 67.8 Å². The summed E-state index contributed by atoms with van der Waals surface area (Å²) in [5.74, 6) is 0. The van der Waals surface area contributed by atoms with Crippen molar-refractivity contribution in [2.45, 2.75) is 44.8 Å². The summed E-state index contributed by atoms with van der Waals surface area (Å²) in [6.07, 6.45) is 6.45. The number of nitrogens with zero attached hydrogens (tertiary/aromatic N) is 1. The first kappa shape index (κ1) is 16.2. The number of nitrogens with one attached hydrogen (secondary N) is 1. The smallest absolute Gasteiger partial charge is 0.0933 e. The predicted octanol–water partition coefficient (Wildman–Crippen LogP) is 5.26. The van der Waals surface area contributed by atoms with Crippen LogP contribution in [0.25, 0.3) is 22.2 Å². The maximum Gasteiger partial charge on any atom is 0.0933 e. The molecule has 3 nitrogen and oxygen atoms in total. The van der Waals surface area contributed by atoms with Crippen molar-refractivity contribution in [2.75, 3.05) is 0 Å². The second-order valence-electron chi connectivity index (χ2n) is 6.83. The van der Waals surface area contributed by atoms with Crippen LogP contribution in [0.4, 0.5) is 0 Å². The number of pyridine rings is 1. The minimum Gasteiger partial charge on any atom is -0.297 e. The lowest BCUT2D eigenvalue weighted by molar-refractivity contribution is -0.00457. The molecule has 1 aromatic heterocycles. The van der Waals surface area contributed by atoms with E-state index < -0.39 is 0 Å². The molecule has 0 saturated heterocycles. The van der Waals surface area contributed by atoms with Crippen LogP contribution in [0.15, 0.2) is 60.7 Å². The van der Waals surface area contributed by atoms with Gasteiger partial charge in [-0.15, -0.1) is 0 Å². The van der Waals surface area contributed by atoms with Gasteiger partial charge in [-0.3, -0.25) is 4.84 Å². The summed E-state index contributed by atoms with van der Waals surface area (Å²) in [4.78, 5) is 10.5. The molecule has 1 aliphatic rings. The Morgan fingerprint density at radius 3 is 2.52 bits per heavy atom. The minimum atomic E-state index is 0.523. The highest BCUT2D eigenvalue weighted by molar-refractivity contribution is 5.81. The lowest BCUT2D eigenvalue weighted by Gasteiger charge is -2.22. The molecule has 0 radical (unpaired) electrons. The van der Waals surface area contributed by atoms with Crippen molar-refractivity contribution < 1.29 is 4.84 Å². The van der Waals surface area contributed by atoms with Crippen molar-refractivity contribution in [1.29, 1.82) is 0 Å². The maximum atomic E-state index is 5.70. The van der Waals surface area contributed by atoms with Gasteiger partial charge in [0.25, 0.3) is 0 Å². The van der Waals surface area contributed by atoms with Gasteiger partial charge in [-0.25, -0.2) is 4.98 Å². The van der Waals surface area contributed by atoms with Gasteiger partial charge in [0.2, 0.25) is 0 Å². The van der Waals surface area contributed by atoms with Gasteiger partial charge >= 0.3 is 0 Å². The highest BCUT2D eigenvalue weighted by Crippen LogP contribution is 2.22. The molecule has 25 heavy (non-hydrogen) atoms. The highest BCUT2D eigenvalue weighted by atomic mass is 16.6. The van der Waals surface area contributed by atoms with Gasteiger partial charge in [0, 0.05) is 17.0 Å². The number of aromatic nitrogens is 1. The third kappa shape index (κ3) is 4.06. The van der Waals surface area contributed by atoms with E-state index in [4.69, 9.17) is 9.82 Å². The molecule has 2 aromatic carbocycles. The third-order valence-electron chi connectivity index (χ3n) is 4.94. The molecule has 1 aliphatic carbocycles. The highest BCUT2D eigenvalue weighted by Gasteiger charge is 2.12. The Kier molecular flexibility index (Phi) is 5.05. The number of hydrogen-bond donors (Lipinski definition) is 1. The van der Waals surface area contributed by atoms with Crippen molar-refractivity contribution in [2.24, 2.45) is 0 Å². The summed E-state index contributed by atoms with van der Waals surface area (Å²) in [5, 5.41) is 1.17. The lowest BCUT2D eigenvalue weighted by atomic mass is 9.96. The Labute approximate surface area is 149 Å². The average molecular weight is 332 g/mol. The third-order valence-corrected chi connectivity index (χ3v) is 4.94. The average Bonchev–Trinajstić information content (AvgIpc) is 2.69. The van der Waals surface area contributed by atoms with Crippen LogP contribution in [0, 0.1) is 0 Å². The zero-order valence-corrected chi connectivity index (χ0v) is 14.4. The molecule has 128 valence electrons. The van der Waals surface area contributed by atoms with Crippen molar-refractivity contribution >= 4 is 10.9 Å². The normalized spacial score (nSPS) is 15.5. The molecule has 1 saturated carbocycles. The fourth-order valence-electron chi connectivity index (χ4n) is 3.46. The molecular weight excluding hydrogens is 308 g/mol. The maximum absolute atomic E-state index is 5.70. The first-order valence-corrected chi connectivity index (χ1v) is 9.21. The number of fused-ring (bicyclic) bond motifs is 1. The molecule has 4 rings (SSSR count). The molecule has 1 N–H and O–H groups in total. The zero-order chi connectivity index (χ0) is 16.9. The SMILES string of the molecule is c1ccc2nc(-c3ccc(CONC4CCCCC4)cc3)ccc2c1. The summed E-state index contributed by atoms with van der Waals surface area (Å²) in [5.41, 5.74) is 7.57. The molecule has 0 amide bonds. The Bertz CT molecular complexity index is 823. The van der Waals surface area contributed by atoms with Crippen LogP contribution in [0.1, 0.15) is 37.7 Å². The van der Waals surface area contributed by atoms with Gasteiger partial charge < -0.3 is 0 Å². The fraction of sp³-hybridized carbons (Fsp3) is 0.318. The molecule has 0 atom stereocenters. The number of hydroxylamine groups is 1. The molecule has 0 bridgehead atoms. The van der Waals surface area contributed by atoms with Crippen molar-refractivity contribution in [3.05, 3.63) is 66.2 Å². The first-order chi connectivity index (χ1) is 12.4. The van der Waals surface area contributed by atoms with Crippen molar-refractivity contribution in [3.63, 3.8) is 0 Å². The van der Waals surface area contributed by atoms with Crippen LogP contribution in [0.2, 0.25) is 0 Å². The van der Waals surface area contributed by atoms with E-state index in [-0.39, 0.29) is 0 Å². The van der Waals surface area contributed by atoms with Crippen LogP contribution in [-0.2, 0) is 11.4 Å². The Hall–Kier alpha value is -2.23. The van der Waals surface area contributed by atoms with E-state index in [0.717, 1.165) is 16.8 Å². The fourth-order valence-corrected chi connectivity index (χ4v) is 3.46. The standard InChI is InChI=1S/C22H24N2O/c1-2-7-20(8-3-1)24-25-16-17-10-12-19(13-11-17)22-15-14-18-6-4-5-9-21(18)23-22/h4-6,9-15,20,24H,1-3,7-8,16H2. The molecule has 1 fully saturated rings. The first-order valence-electron chi connectivity index (χ1n) is 9.21. The largest absolute Gasteiger partial charge is 0.297 e. The number of hydrogen-bond acceptors (Lipinski definition) is 3. The van der Waals surface area contributed by atoms with Gasteiger partial charge in [-0.05, 0) is 30.5 Å². The van der Waals surface area contributed by atoms with E-state index in [9.17, 15) is 0 Å². The zero-order valence-electron chi connectivity index (χ0n) is 14.4. The monoisotopic (exact) mass is 332 g/mol. The number of benzene rings is 2. The topological polar surface area (TPSA) is 34.1 Å². The summed E-state index contributed by atoms with van der Waals surface area (Å²) in [6.45, 7) is 0.599. The predicted molar refractivity (Wildman–Crippen MR) is 102 cm³/mol. The summed E-state index contributed by atoms with van der Waals surface area (Å²) >= 11 is 0. The van der Waals surface area contributed by atoms with Gasteiger partial charge in [0.05, 0.1) is 17.8 Å². The summed E-state index contributed by atoms with van der Waals surface area (Å²) < 4.78 is 0. The number of para-hydroxylation sites is 1. The molecule has 0 unspecified atom stereocenters. The van der Waals surface area contributed by atoms with Gasteiger partial charge in [0.1, 0.15) is 0 Å². The summed E-state index contributed by atoms with van der Waals surface area (Å²) in [7, 11) is 0. The summed E-state index contributed by atoms with van der Waals surface area (Å²) in [6, 6.07) is 21.4. The van der Waals surface area contributed by atoms with Crippen molar-refractivity contribution in [3.8, 4) is 11.3 Å². The molecule has 0 aliphatic heterocycles. The molecular formula is C22H24N2O. The Morgan fingerprint density at radius 1 is 0.880 bits per heavy atom. The van der Waals surface area contributed by atoms with Crippen LogP contribution in [0.5, 0.6) is 0 Å². The van der Waals surface area contributed by atoms with E-state index in [2.05, 4.69) is 54.0 Å². The van der Waals surface area contributed by atoms with E-state index in [0.29, 0.717) is 12.6 Å². The van der Waals surface area contributed by atoms with Gasteiger partial charge in [0.15, 0.2) is 0 Å². The van der Waals surface area contributed by atoms with E-state index in [1.165, 1.54) is 43.1 Å². The quantitative estimate of drug-likeness (QED) is 0.647. The molecule has 3 aromatic rings. The van der Waals surface area contributed by atoms with Crippen LogP contribution in [-0.4, -0.2) is 11.0 Å². The van der Waals surface area contributed by atoms with Crippen LogP contribution in [0.3, 0.4) is 0 Å². The molecule has 3 heteroatoms. The van der Waals surface area contributed by atoms with E-state index in [1.54, 1.807) is 0 Å². The second kappa shape index (κ2) is 7.77. The molecule has 0 spiro atoms. The lowest BCUT2D eigenvalue weighted by Crippen LogP contribution is -2.30. The second-order valence-corrected chi connectivity index (χ2v) is 6.83. The molecule has 1 heterocycles. The van der Waals surface area contributed by atoms with E-state index >= 15 is 0 Å². The minimum absolute atomic E-state index is 0.523. The van der Waals surface area contributed by atoms with E-state index in [1.807, 2.05) is 12.1 Å². The van der Waals surface area contributed by atoms with Crippen LogP contribution < -0.4 is 5.48 Å². The Morgan fingerprint density at radius 2 is 1.68 bits per heavy atom. The Balaban J connectivity index is 1.38. The number of rotatable bonds is 5. The van der Waals surface area contributed by atoms with Crippen LogP contribution >= 0.6 is 0 Å². The van der Waals surface area contributed by atoms with Crippen molar-refractivity contribution in [1.82, 2.24) is 10.5 Å². The van der Waals surface area contributed by atoms with Gasteiger partial charge in [-0.2, -0.15) is 5.48 Å².